The lowest BCUT2D eigenvalue weighted by atomic mass is 10.1. The van der Waals surface area contributed by atoms with Crippen LogP contribution in [0.4, 0.5) is 5.69 Å². The Labute approximate surface area is 110 Å². The predicted octanol–water partition coefficient (Wildman–Crippen LogP) is 2.06. The maximum atomic E-state index is 5.82. The van der Waals surface area contributed by atoms with Crippen LogP contribution in [0.2, 0.25) is 0 Å². The molecule has 0 aromatic heterocycles. The molecule has 100 valence electrons. The van der Waals surface area contributed by atoms with E-state index < -0.39 is 0 Å². The lowest BCUT2D eigenvalue weighted by molar-refractivity contribution is 0.0153. The fourth-order valence-electron chi connectivity index (χ4n) is 2.35. The normalized spacial score (nSPS) is 21.6. The number of aryl methyl sites for hydroxylation is 1. The standard InChI is InChI=1S/C15H24N2O/c1-4-13-5-7-14(8-6-13)17(3)12(2)15-11-16-9-10-18-15/h5-8,12,15-16H,4,9-11H2,1-3H3. The topological polar surface area (TPSA) is 24.5 Å². The summed E-state index contributed by atoms with van der Waals surface area (Å²) in [6, 6.07) is 9.19. The molecule has 0 saturated carbocycles. The van der Waals surface area contributed by atoms with Crippen LogP contribution in [0.25, 0.3) is 0 Å². The number of morpholine rings is 1. The van der Waals surface area contributed by atoms with Gasteiger partial charge in [-0.25, -0.2) is 0 Å². The highest BCUT2D eigenvalue weighted by Gasteiger charge is 2.24. The molecular formula is C15H24N2O. The number of anilines is 1. The molecule has 0 aliphatic carbocycles. The van der Waals surface area contributed by atoms with Gasteiger partial charge < -0.3 is 15.0 Å². The van der Waals surface area contributed by atoms with Crippen LogP contribution in [0, 0.1) is 0 Å². The van der Waals surface area contributed by atoms with Crippen molar-refractivity contribution < 1.29 is 4.74 Å². The van der Waals surface area contributed by atoms with Crippen LogP contribution in [-0.4, -0.2) is 38.9 Å². The molecule has 1 aromatic carbocycles. The summed E-state index contributed by atoms with van der Waals surface area (Å²) in [5.41, 5.74) is 2.64. The Hall–Kier alpha value is -1.06. The fraction of sp³-hybridized carbons (Fsp3) is 0.600. The van der Waals surface area contributed by atoms with Gasteiger partial charge in [-0.05, 0) is 31.0 Å². The first kappa shape index (κ1) is 13.4. The monoisotopic (exact) mass is 248 g/mol. The average molecular weight is 248 g/mol. The summed E-state index contributed by atoms with van der Waals surface area (Å²) < 4.78 is 5.82. The third-order valence-electron chi connectivity index (χ3n) is 3.86. The molecule has 0 radical (unpaired) electrons. The van der Waals surface area contributed by atoms with Gasteiger partial charge >= 0.3 is 0 Å². The Kier molecular flexibility index (Phi) is 4.61. The van der Waals surface area contributed by atoms with Crippen LogP contribution in [0.5, 0.6) is 0 Å². The number of nitrogens with zero attached hydrogens (tertiary/aromatic N) is 1. The van der Waals surface area contributed by atoms with Crippen LogP contribution in [0.1, 0.15) is 19.4 Å². The summed E-state index contributed by atoms with van der Waals surface area (Å²) in [6.07, 6.45) is 1.37. The zero-order chi connectivity index (χ0) is 13.0. The summed E-state index contributed by atoms with van der Waals surface area (Å²) in [5.74, 6) is 0. The Morgan fingerprint density at radius 1 is 1.39 bits per heavy atom. The summed E-state index contributed by atoms with van der Waals surface area (Å²) >= 11 is 0. The SMILES string of the molecule is CCc1ccc(N(C)C(C)C2CNCCO2)cc1. The Morgan fingerprint density at radius 2 is 2.11 bits per heavy atom. The van der Waals surface area contributed by atoms with Gasteiger partial charge in [0.2, 0.25) is 0 Å². The van der Waals surface area contributed by atoms with E-state index in [4.69, 9.17) is 4.74 Å². The van der Waals surface area contributed by atoms with Crippen molar-refractivity contribution >= 4 is 5.69 Å². The molecular weight excluding hydrogens is 224 g/mol. The summed E-state index contributed by atoms with van der Waals surface area (Å²) in [7, 11) is 2.14. The number of hydrogen-bond donors (Lipinski definition) is 1. The van der Waals surface area contributed by atoms with Crippen molar-refractivity contribution in [1.29, 1.82) is 0 Å². The van der Waals surface area contributed by atoms with E-state index in [0.29, 0.717) is 6.04 Å². The molecule has 0 spiro atoms. The Bertz CT molecular complexity index is 357. The number of hydrogen-bond acceptors (Lipinski definition) is 3. The van der Waals surface area contributed by atoms with Crippen molar-refractivity contribution in [2.24, 2.45) is 0 Å². The second-order valence-corrected chi connectivity index (χ2v) is 4.98. The Balaban J connectivity index is 2.01. The van der Waals surface area contributed by atoms with Crippen molar-refractivity contribution in [2.75, 3.05) is 31.6 Å². The second kappa shape index (κ2) is 6.21. The van der Waals surface area contributed by atoms with Crippen LogP contribution in [0.15, 0.2) is 24.3 Å². The van der Waals surface area contributed by atoms with Crippen molar-refractivity contribution in [3.63, 3.8) is 0 Å². The molecule has 1 aromatic rings. The van der Waals surface area contributed by atoms with Crippen molar-refractivity contribution in [2.45, 2.75) is 32.4 Å². The molecule has 2 rings (SSSR count). The van der Waals surface area contributed by atoms with Crippen LogP contribution in [-0.2, 0) is 11.2 Å². The van der Waals surface area contributed by atoms with Gasteiger partial charge in [-0.15, -0.1) is 0 Å². The largest absolute Gasteiger partial charge is 0.373 e. The first-order chi connectivity index (χ1) is 8.72. The molecule has 1 saturated heterocycles. The van der Waals surface area contributed by atoms with Gasteiger partial charge in [-0.1, -0.05) is 19.1 Å². The number of nitrogens with one attached hydrogen (secondary N) is 1. The maximum absolute atomic E-state index is 5.82. The first-order valence-electron chi connectivity index (χ1n) is 6.86. The van der Waals surface area contributed by atoms with E-state index in [2.05, 4.69) is 55.4 Å². The lowest BCUT2D eigenvalue weighted by Crippen LogP contribution is -2.50. The third kappa shape index (κ3) is 3.03. The third-order valence-corrected chi connectivity index (χ3v) is 3.86. The first-order valence-corrected chi connectivity index (χ1v) is 6.86. The molecule has 0 bridgehead atoms. The average Bonchev–Trinajstić information content (AvgIpc) is 2.47. The molecule has 3 heteroatoms. The zero-order valence-corrected chi connectivity index (χ0v) is 11.6. The van der Waals surface area contributed by atoms with Crippen molar-refractivity contribution in [3.05, 3.63) is 29.8 Å². The molecule has 1 aliphatic rings. The van der Waals surface area contributed by atoms with E-state index >= 15 is 0 Å². The van der Waals surface area contributed by atoms with E-state index in [1.54, 1.807) is 0 Å². The number of benzene rings is 1. The molecule has 1 heterocycles. The van der Waals surface area contributed by atoms with Crippen LogP contribution >= 0.6 is 0 Å². The highest BCUT2D eigenvalue weighted by atomic mass is 16.5. The minimum Gasteiger partial charge on any atom is -0.373 e. The summed E-state index contributed by atoms with van der Waals surface area (Å²) in [4.78, 5) is 2.30. The fourth-order valence-corrected chi connectivity index (χ4v) is 2.35. The van der Waals surface area contributed by atoms with Gasteiger partial charge in [0, 0.05) is 25.8 Å². The molecule has 1 aliphatic heterocycles. The van der Waals surface area contributed by atoms with Gasteiger partial charge in [0.25, 0.3) is 0 Å². The highest BCUT2D eigenvalue weighted by Crippen LogP contribution is 2.19. The van der Waals surface area contributed by atoms with E-state index in [1.807, 2.05) is 0 Å². The van der Waals surface area contributed by atoms with Crippen molar-refractivity contribution in [1.82, 2.24) is 5.32 Å². The molecule has 2 atom stereocenters. The number of ether oxygens (including phenoxy) is 1. The van der Waals surface area contributed by atoms with Gasteiger partial charge in [0.05, 0.1) is 18.8 Å². The summed E-state index contributed by atoms with van der Waals surface area (Å²) in [5, 5.41) is 3.39. The Morgan fingerprint density at radius 3 is 2.67 bits per heavy atom. The van der Waals surface area contributed by atoms with E-state index in [1.165, 1.54) is 11.3 Å². The molecule has 1 fully saturated rings. The number of rotatable bonds is 4. The van der Waals surface area contributed by atoms with Crippen molar-refractivity contribution in [3.8, 4) is 0 Å². The molecule has 2 unspecified atom stereocenters. The molecule has 3 nitrogen and oxygen atoms in total. The van der Waals surface area contributed by atoms with E-state index in [9.17, 15) is 0 Å². The highest BCUT2D eigenvalue weighted by molar-refractivity contribution is 5.48. The van der Waals surface area contributed by atoms with Gasteiger partial charge in [-0.2, -0.15) is 0 Å². The molecule has 0 amide bonds. The zero-order valence-electron chi connectivity index (χ0n) is 11.6. The van der Waals surface area contributed by atoms with E-state index in [0.717, 1.165) is 26.1 Å². The minimum absolute atomic E-state index is 0.273. The van der Waals surface area contributed by atoms with Gasteiger partial charge in [-0.3, -0.25) is 0 Å². The second-order valence-electron chi connectivity index (χ2n) is 4.98. The minimum atomic E-state index is 0.273. The van der Waals surface area contributed by atoms with Gasteiger partial charge in [0.1, 0.15) is 0 Å². The summed E-state index contributed by atoms with van der Waals surface area (Å²) in [6.45, 7) is 7.14. The van der Waals surface area contributed by atoms with Crippen LogP contribution in [0.3, 0.4) is 0 Å². The maximum Gasteiger partial charge on any atom is 0.0899 e. The lowest BCUT2D eigenvalue weighted by Gasteiger charge is -2.35. The predicted molar refractivity (Wildman–Crippen MR) is 76.3 cm³/mol. The van der Waals surface area contributed by atoms with Gasteiger partial charge in [0.15, 0.2) is 0 Å². The van der Waals surface area contributed by atoms with Crippen LogP contribution < -0.4 is 10.2 Å². The van der Waals surface area contributed by atoms with E-state index in [-0.39, 0.29) is 6.10 Å². The molecule has 18 heavy (non-hydrogen) atoms. The number of likely N-dealkylation sites (N-methyl/N-ethyl adjacent to an activating group) is 1. The molecule has 1 N–H and O–H groups in total. The quantitative estimate of drug-likeness (QED) is 0.882. The smallest absolute Gasteiger partial charge is 0.0899 e.